The van der Waals surface area contributed by atoms with Crippen LogP contribution in [0.1, 0.15) is 43.4 Å². The van der Waals surface area contributed by atoms with Crippen LogP contribution >= 0.6 is 0 Å². The number of aromatic nitrogens is 1. The average molecular weight is 414 g/mol. The minimum atomic E-state index is -0.469. The van der Waals surface area contributed by atoms with Crippen molar-refractivity contribution in [3.05, 3.63) is 59.3 Å². The number of halogens is 2. The Morgan fingerprint density at radius 2 is 1.80 bits per heavy atom. The third-order valence-corrected chi connectivity index (χ3v) is 5.83. The number of guanidine groups is 1. The van der Waals surface area contributed by atoms with E-state index in [4.69, 9.17) is 0 Å². The van der Waals surface area contributed by atoms with E-state index >= 15 is 0 Å². The zero-order valence-corrected chi connectivity index (χ0v) is 17.5. The first kappa shape index (κ1) is 20.6. The Hall–Kier alpha value is -2.70. The highest BCUT2D eigenvalue weighted by molar-refractivity contribution is 5.81. The van der Waals surface area contributed by atoms with Crippen LogP contribution < -0.4 is 15.5 Å². The van der Waals surface area contributed by atoms with E-state index < -0.39 is 11.6 Å². The van der Waals surface area contributed by atoms with Gasteiger partial charge in [0.1, 0.15) is 17.5 Å². The molecule has 1 saturated heterocycles. The van der Waals surface area contributed by atoms with Gasteiger partial charge in [-0.3, -0.25) is 4.99 Å². The fourth-order valence-electron chi connectivity index (χ4n) is 4.16. The molecule has 0 amide bonds. The lowest BCUT2D eigenvalue weighted by Crippen LogP contribution is -2.49. The molecule has 1 saturated carbocycles. The van der Waals surface area contributed by atoms with Gasteiger partial charge in [0.25, 0.3) is 0 Å². The molecule has 7 heteroatoms. The minimum absolute atomic E-state index is 0.00535. The number of hydrogen-bond donors (Lipinski definition) is 2. The van der Waals surface area contributed by atoms with Crippen LogP contribution in [-0.2, 0) is 0 Å². The number of hydrogen-bond acceptors (Lipinski definition) is 3. The predicted octanol–water partition coefficient (Wildman–Crippen LogP) is 3.75. The lowest BCUT2D eigenvalue weighted by atomic mass is 10.1. The quantitative estimate of drug-likeness (QED) is 0.579. The second-order valence-electron chi connectivity index (χ2n) is 8.09. The molecular formula is C23H29F2N5. The number of nitrogens with one attached hydrogen (secondary N) is 2. The number of anilines is 1. The molecule has 2 heterocycles. The molecule has 2 unspecified atom stereocenters. The lowest BCUT2D eigenvalue weighted by molar-refractivity contribution is 0.458. The standard InChI is InChI=1S/C23H29F2N5/c1-3-26-23(29-20-14-17(20)22-18(24)7-5-8-19(22)25)28-16-10-12-30(13-11-16)21-9-4-6-15(2)27-21/h4-9,16-17,20H,3,10-14H2,1-2H3,(H2,26,28,29). The van der Waals surface area contributed by atoms with Crippen molar-refractivity contribution in [1.29, 1.82) is 0 Å². The highest BCUT2D eigenvalue weighted by Crippen LogP contribution is 2.43. The first-order valence-electron chi connectivity index (χ1n) is 10.7. The number of aliphatic imine (C=N–C) groups is 1. The van der Waals surface area contributed by atoms with E-state index in [0.717, 1.165) is 43.4 Å². The van der Waals surface area contributed by atoms with Gasteiger partial charge in [0, 0.05) is 48.9 Å². The summed E-state index contributed by atoms with van der Waals surface area (Å²) >= 11 is 0. The molecule has 1 aromatic carbocycles. The summed E-state index contributed by atoms with van der Waals surface area (Å²) in [7, 11) is 0. The summed E-state index contributed by atoms with van der Waals surface area (Å²) in [6.45, 7) is 6.50. The molecule has 2 fully saturated rings. The molecule has 2 aliphatic rings. The van der Waals surface area contributed by atoms with Crippen molar-refractivity contribution in [2.24, 2.45) is 4.99 Å². The van der Waals surface area contributed by atoms with Gasteiger partial charge in [0.2, 0.25) is 0 Å². The first-order valence-corrected chi connectivity index (χ1v) is 10.7. The van der Waals surface area contributed by atoms with Gasteiger partial charge in [-0.05, 0) is 57.4 Å². The van der Waals surface area contributed by atoms with Crippen molar-refractivity contribution in [2.45, 2.75) is 51.1 Å². The van der Waals surface area contributed by atoms with E-state index in [2.05, 4.69) is 31.6 Å². The molecule has 2 atom stereocenters. The maximum atomic E-state index is 14.1. The highest BCUT2D eigenvalue weighted by Gasteiger charge is 2.42. The Balaban J connectivity index is 1.32. The second-order valence-corrected chi connectivity index (χ2v) is 8.09. The van der Waals surface area contributed by atoms with E-state index in [1.54, 1.807) is 0 Å². The van der Waals surface area contributed by atoms with Crippen LogP contribution in [0.15, 0.2) is 41.4 Å². The molecular weight excluding hydrogens is 384 g/mol. The molecule has 160 valence electrons. The van der Waals surface area contributed by atoms with Gasteiger partial charge < -0.3 is 15.5 Å². The summed E-state index contributed by atoms with van der Waals surface area (Å²) in [5.74, 6) is 0.673. The third kappa shape index (κ3) is 4.71. The highest BCUT2D eigenvalue weighted by atomic mass is 19.1. The van der Waals surface area contributed by atoms with E-state index in [-0.39, 0.29) is 17.5 Å². The number of nitrogens with zero attached hydrogens (tertiary/aromatic N) is 3. The zero-order chi connectivity index (χ0) is 21.1. The Labute approximate surface area is 176 Å². The molecule has 1 aliphatic carbocycles. The zero-order valence-electron chi connectivity index (χ0n) is 17.5. The summed E-state index contributed by atoms with van der Waals surface area (Å²) < 4.78 is 28.1. The molecule has 2 N–H and O–H groups in total. The van der Waals surface area contributed by atoms with Gasteiger partial charge in [0.15, 0.2) is 5.96 Å². The number of piperidine rings is 1. The molecule has 4 rings (SSSR count). The van der Waals surface area contributed by atoms with E-state index in [1.807, 2.05) is 26.0 Å². The van der Waals surface area contributed by atoms with Crippen LogP contribution in [-0.4, -0.2) is 42.7 Å². The van der Waals surface area contributed by atoms with Gasteiger partial charge in [0.05, 0.1) is 0 Å². The van der Waals surface area contributed by atoms with Crippen LogP contribution in [0.4, 0.5) is 14.6 Å². The maximum Gasteiger partial charge on any atom is 0.191 e. The van der Waals surface area contributed by atoms with Crippen molar-refractivity contribution in [3.63, 3.8) is 0 Å². The van der Waals surface area contributed by atoms with Gasteiger partial charge in [-0.1, -0.05) is 12.1 Å². The van der Waals surface area contributed by atoms with Crippen LogP contribution in [0.5, 0.6) is 0 Å². The summed E-state index contributed by atoms with van der Waals surface area (Å²) in [5, 5.41) is 6.89. The number of benzene rings is 1. The topological polar surface area (TPSA) is 52.6 Å². The van der Waals surface area contributed by atoms with Crippen LogP contribution in [0.3, 0.4) is 0 Å². The molecule has 5 nitrogen and oxygen atoms in total. The van der Waals surface area contributed by atoms with Crippen molar-refractivity contribution < 1.29 is 8.78 Å². The second kappa shape index (κ2) is 8.98. The molecule has 0 spiro atoms. The summed E-state index contributed by atoms with van der Waals surface area (Å²) in [4.78, 5) is 11.5. The normalized spacial score (nSPS) is 22.1. The summed E-state index contributed by atoms with van der Waals surface area (Å²) in [6, 6.07) is 10.5. The maximum absolute atomic E-state index is 14.1. The summed E-state index contributed by atoms with van der Waals surface area (Å²) in [5.41, 5.74) is 1.21. The number of aryl methyl sites for hydroxylation is 1. The number of rotatable bonds is 5. The smallest absolute Gasteiger partial charge is 0.191 e. The van der Waals surface area contributed by atoms with Crippen molar-refractivity contribution in [2.75, 3.05) is 24.5 Å². The van der Waals surface area contributed by atoms with Crippen molar-refractivity contribution >= 4 is 11.8 Å². The minimum Gasteiger partial charge on any atom is -0.356 e. The number of pyridine rings is 1. The Kier molecular flexibility index (Phi) is 6.16. The Morgan fingerprint density at radius 3 is 2.47 bits per heavy atom. The molecule has 0 bridgehead atoms. The molecule has 1 aliphatic heterocycles. The molecule has 2 aromatic rings. The molecule has 30 heavy (non-hydrogen) atoms. The molecule has 1 aromatic heterocycles. The van der Waals surface area contributed by atoms with Crippen LogP contribution in [0.2, 0.25) is 0 Å². The van der Waals surface area contributed by atoms with Gasteiger partial charge in [-0.15, -0.1) is 0 Å². The van der Waals surface area contributed by atoms with E-state index in [9.17, 15) is 8.78 Å². The fourth-order valence-corrected chi connectivity index (χ4v) is 4.16. The van der Waals surface area contributed by atoms with Crippen LogP contribution in [0, 0.1) is 18.6 Å². The van der Waals surface area contributed by atoms with Gasteiger partial charge in [-0.2, -0.15) is 0 Å². The predicted molar refractivity (Wildman–Crippen MR) is 116 cm³/mol. The van der Waals surface area contributed by atoms with E-state index in [1.165, 1.54) is 18.2 Å². The average Bonchev–Trinajstić information content (AvgIpc) is 3.47. The third-order valence-electron chi connectivity index (χ3n) is 5.83. The monoisotopic (exact) mass is 413 g/mol. The van der Waals surface area contributed by atoms with Crippen molar-refractivity contribution in [3.8, 4) is 0 Å². The van der Waals surface area contributed by atoms with Crippen LogP contribution in [0.25, 0.3) is 0 Å². The van der Waals surface area contributed by atoms with Crippen molar-refractivity contribution in [1.82, 2.24) is 15.6 Å². The SMILES string of the molecule is CCN=C(NC1CCN(c2cccc(C)n2)CC1)NC1CC1c1c(F)cccc1F. The first-order chi connectivity index (χ1) is 14.5. The fraction of sp³-hybridized carbons (Fsp3) is 0.478. The van der Waals surface area contributed by atoms with Gasteiger partial charge in [-0.25, -0.2) is 13.8 Å². The Bertz CT molecular complexity index is 888. The van der Waals surface area contributed by atoms with Gasteiger partial charge >= 0.3 is 0 Å². The lowest BCUT2D eigenvalue weighted by Gasteiger charge is -2.34. The molecule has 0 radical (unpaired) electrons. The van der Waals surface area contributed by atoms with E-state index in [0.29, 0.717) is 19.0 Å². The Morgan fingerprint density at radius 1 is 1.10 bits per heavy atom. The largest absolute Gasteiger partial charge is 0.356 e. The summed E-state index contributed by atoms with van der Waals surface area (Å²) in [6.07, 6.45) is 2.67.